The second kappa shape index (κ2) is 3.85. The monoisotopic (exact) mass is 165 g/mol. The van der Waals surface area contributed by atoms with Crippen molar-refractivity contribution in [2.45, 2.75) is 13.3 Å². The lowest BCUT2D eigenvalue weighted by molar-refractivity contribution is -0.136. The fourth-order valence-corrected chi connectivity index (χ4v) is 1.02. The third kappa shape index (κ3) is 1.81. The molecule has 3 nitrogen and oxygen atoms in total. The van der Waals surface area contributed by atoms with Crippen LogP contribution >= 0.6 is 0 Å². The molecule has 0 unspecified atom stereocenters. The van der Waals surface area contributed by atoms with Crippen LogP contribution in [0.25, 0.3) is 0 Å². The second-order valence-corrected chi connectivity index (χ2v) is 2.52. The number of carbonyl (C=O) groups is 2. The van der Waals surface area contributed by atoms with Crippen molar-refractivity contribution in [1.29, 1.82) is 0 Å². The zero-order chi connectivity index (χ0) is 8.97. The Morgan fingerprint density at radius 1 is 1.33 bits per heavy atom. The molecule has 12 heavy (non-hydrogen) atoms. The summed E-state index contributed by atoms with van der Waals surface area (Å²) in [4.78, 5) is 23.2. The van der Waals surface area contributed by atoms with Crippen LogP contribution in [0.15, 0.2) is 24.3 Å². The Labute approximate surface area is 71.4 Å². The molecule has 0 bridgehead atoms. The summed E-state index contributed by atoms with van der Waals surface area (Å²) in [6.07, 6.45) is 7.17. The number of rotatable bonds is 3. The molecule has 0 radical (unpaired) electrons. The molecule has 0 fully saturated rings. The first-order chi connectivity index (χ1) is 5.75. The Morgan fingerprint density at radius 3 is 2.42 bits per heavy atom. The zero-order valence-electron chi connectivity index (χ0n) is 6.99. The number of hydrogen-bond donors (Lipinski definition) is 0. The summed E-state index contributed by atoms with van der Waals surface area (Å²) in [6.45, 7) is 2.39. The number of hydrogen-bond acceptors (Lipinski definition) is 2. The van der Waals surface area contributed by atoms with Crippen molar-refractivity contribution in [2.24, 2.45) is 0 Å². The van der Waals surface area contributed by atoms with Crippen LogP contribution in [0.3, 0.4) is 0 Å². The highest BCUT2D eigenvalue weighted by atomic mass is 16.2. The molecule has 1 rings (SSSR count). The molecule has 0 aromatic rings. The normalized spacial score (nSPS) is 16.9. The molecule has 0 spiro atoms. The predicted octanol–water partition coefficient (Wildman–Crippen LogP) is 0.878. The zero-order valence-corrected chi connectivity index (χ0v) is 6.99. The molecule has 0 N–H and O–H groups in total. The molecule has 2 amide bonds. The maximum Gasteiger partial charge on any atom is 0.253 e. The van der Waals surface area contributed by atoms with Gasteiger partial charge in [-0.05, 0) is 13.3 Å². The van der Waals surface area contributed by atoms with E-state index in [0.717, 1.165) is 6.42 Å². The third-order valence-corrected chi connectivity index (χ3v) is 1.66. The summed E-state index contributed by atoms with van der Waals surface area (Å²) in [5, 5.41) is 0. The van der Waals surface area contributed by atoms with E-state index in [0.29, 0.717) is 6.54 Å². The standard InChI is InChI=1S/C9H11NO2/c1-2-3-4-7-10-8(11)5-6-9(10)12/h2-3,5-6H,4,7H2,1H3/b3-2+. The van der Waals surface area contributed by atoms with Crippen LogP contribution in [0.2, 0.25) is 0 Å². The number of imide groups is 1. The van der Waals surface area contributed by atoms with Gasteiger partial charge >= 0.3 is 0 Å². The van der Waals surface area contributed by atoms with E-state index in [-0.39, 0.29) is 11.8 Å². The molecule has 1 aliphatic heterocycles. The number of amides is 2. The van der Waals surface area contributed by atoms with E-state index in [4.69, 9.17) is 0 Å². The maximum absolute atomic E-state index is 11.0. The summed E-state index contributed by atoms with van der Waals surface area (Å²) in [7, 11) is 0. The van der Waals surface area contributed by atoms with E-state index >= 15 is 0 Å². The molecular formula is C9H11NO2. The van der Waals surface area contributed by atoms with Gasteiger partial charge in [-0.15, -0.1) is 0 Å². The van der Waals surface area contributed by atoms with Gasteiger partial charge in [0.05, 0.1) is 0 Å². The van der Waals surface area contributed by atoms with Gasteiger partial charge in [-0.25, -0.2) is 0 Å². The first-order valence-corrected chi connectivity index (χ1v) is 3.90. The SMILES string of the molecule is C/C=C/CCN1C(=O)C=CC1=O. The van der Waals surface area contributed by atoms with Gasteiger partial charge in [0, 0.05) is 18.7 Å². The average molecular weight is 165 g/mol. The van der Waals surface area contributed by atoms with Crippen molar-refractivity contribution in [2.75, 3.05) is 6.54 Å². The molecular weight excluding hydrogens is 154 g/mol. The molecule has 3 heteroatoms. The van der Waals surface area contributed by atoms with Gasteiger partial charge in [0.25, 0.3) is 11.8 Å². The molecule has 1 heterocycles. The molecule has 1 aliphatic rings. The van der Waals surface area contributed by atoms with Gasteiger partial charge in [0.1, 0.15) is 0 Å². The molecule has 0 aliphatic carbocycles. The fraction of sp³-hybridized carbons (Fsp3) is 0.333. The van der Waals surface area contributed by atoms with Gasteiger partial charge in [-0.1, -0.05) is 12.2 Å². The van der Waals surface area contributed by atoms with E-state index in [2.05, 4.69) is 0 Å². The Morgan fingerprint density at radius 2 is 1.92 bits per heavy atom. The summed E-state index contributed by atoms with van der Waals surface area (Å²) in [6, 6.07) is 0. The van der Waals surface area contributed by atoms with Gasteiger partial charge in [0.15, 0.2) is 0 Å². The maximum atomic E-state index is 11.0. The number of nitrogens with zero attached hydrogens (tertiary/aromatic N) is 1. The topological polar surface area (TPSA) is 37.4 Å². The Balaban J connectivity index is 2.43. The summed E-state index contributed by atoms with van der Waals surface area (Å²) < 4.78 is 0. The highest BCUT2D eigenvalue weighted by Crippen LogP contribution is 2.03. The van der Waals surface area contributed by atoms with Gasteiger partial charge in [-0.2, -0.15) is 0 Å². The minimum atomic E-state index is -0.204. The summed E-state index contributed by atoms with van der Waals surface area (Å²) in [5.74, 6) is -0.408. The van der Waals surface area contributed by atoms with Gasteiger partial charge in [-0.3, -0.25) is 14.5 Å². The van der Waals surface area contributed by atoms with Gasteiger partial charge in [0.2, 0.25) is 0 Å². The van der Waals surface area contributed by atoms with Crippen LogP contribution < -0.4 is 0 Å². The van der Waals surface area contributed by atoms with Crippen molar-refractivity contribution in [3.8, 4) is 0 Å². The number of carbonyl (C=O) groups excluding carboxylic acids is 2. The lowest BCUT2D eigenvalue weighted by Gasteiger charge is -2.11. The minimum Gasteiger partial charge on any atom is -0.275 e. The fourth-order valence-electron chi connectivity index (χ4n) is 1.02. The predicted molar refractivity (Wildman–Crippen MR) is 45.3 cm³/mol. The average Bonchev–Trinajstić information content (AvgIpc) is 2.35. The van der Waals surface area contributed by atoms with Crippen LogP contribution in [-0.2, 0) is 9.59 Å². The molecule has 0 saturated heterocycles. The van der Waals surface area contributed by atoms with E-state index in [9.17, 15) is 9.59 Å². The first kappa shape index (κ1) is 8.71. The number of allylic oxidation sites excluding steroid dienone is 1. The van der Waals surface area contributed by atoms with E-state index < -0.39 is 0 Å². The van der Waals surface area contributed by atoms with Crippen LogP contribution in [0.1, 0.15) is 13.3 Å². The van der Waals surface area contributed by atoms with Crippen LogP contribution in [0.4, 0.5) is 0 Å². The van der Waals surface area contributed by atoms with Crippen molar-refractivity contribution >= 4 is 11.8 Å². The third-order valence-electron chi connectivity index (χ3n) is 1.66. The highest BCUT2D eigenvalue weighted by molar-refractivity contribution is 6.12. The lowest BCUT2D eigenvalue weighted by atomic mass is 10.3. The van der Waals surface area contributed by atoms with Crippen molar-refractivity contribution in [3.05, 3.63) is 24.3 Å². The summed E-state index contributed by atoms with van der Waals surface area (Å²) in [5.41, 5.74) is 0. The largest absolute Gasteiger partial charge is 0.275 e. The second-order valence-electron chi connectivity index (χ2n) is 2.52. The first-order valence-electron chi connectivity index (χ1n) is 3.90. The smallest absolute Gasteiger partial charge is 0.253 e. The molecule has 64 valence electrons. The molecule has 0 aromatic carbocycles. The van der Waals surface area contributed by atoms with E-state index in [1.54, 1.807) is 0 Å². The van der Waals surface area contributed by atoms with Crippen LogP contribution in [-0.4, -0.2) is 23.3 Å². The van der Waals surface area contributed by atoms with E-state index in [1.807, 2.05) is 19.1 Å². The molecule has 0 atom stereocenters. The Hall–Kier alpha value is -1.38. The van der Waals surface area contributed by atoms with Crippen LogP contribution in [0, 0.1) is 0 Å². The van der Waals surface area contributed by atoms with Crippen molar-refractivity contribution in [1.82, 2.24) is 4.90 Å². The van der Waals surface area contributed by atoms with Crippen molar-refractivity contribution < 1.29 is 9.59 Å². The Bertz CT molecular complexity index is 235. The molecule has 0 saturated carbocycles. The highest BCUT2D eigenvalue weighted by Gasteiger charge is 2.21. The molecule has 0 aromatic heterocycles. The van der Waals surface area contributed by atoms with Crippen molar-refractivity contribution in [3.63, 3.8) is 0 Å². The van der Waals surface area contributed by atoms with E-state index in [1.165, 1.54) is 17.1 Å². The van der Waals surface area contributed by atoms with Crippen LogP contribution in [0.5, 0.6) is 0 Å². The lowest BCUT2D eigenvalue weighted by Crippen LogP contribution is -2.30. The quantitative estimate of drug-likeness (QED) is 0.460. The van der Waals surface area contributed by atoms with Gasteiger partial charge < -0.3 is 0 Å². The minimum absolute atomic E-state index is 0.204. The Kier molecular flexibility index (Phi) is 2.80. The summed E-state index contributed by atoms with van der Waals surface area (Å²) >= 11 is 0.